The molecule has 2 aliphatic heterocycles. The first-order valence-corrected chi connectivity index (χ1v) is 8.22. The zero-order valence-corrected chi connectivity index (χ0v) is 13.1. The van der Waals surface area contributed by atoms with Crippen molar-refractivity contribution in [1.82, 2.24) is 10.2 Å². The molecule has 2 nitrogen and oxygen atoms in total. The molecule has 110 valence electrons. The highest BCUT2D eigenvalue weighted by Crippen LogP contribution is 2.48. The van der Waals surface area contributed by atoms with Crippen LogP contribution in [-0.2, 0) is 0 Å². The standard InChI is InChI=1S/C17H25ClN2/c1-20-10-3-6-17(8-11-20)7-9-19-13-16(17)14-4-2-5-15(18)12-14/h2,4-5,12,16,19H,3,6-11,13H2,1H3. The lowest BCUT2D eigenvalue weighted by Gasteiger charge is -2.45. The van der Waals surface area contributed by atoms with Crippen molar-refractivity contribution in [2.45, 2.75) is 31.6 Å². The number of rotatable bonds is 1. The average molecular weight is 293 g/mol. The minimum atomic E-state index is 0.473. The summed E-state index contributed by atoms with van der Waals surface area (Å²) in [7, 11) is 2.26. The molecule has 20 heavy (non-hydrogen) atoms. The summed E-state index contributed by atoms with van der Waals surface area (Å²) >= 11 is 6.22. The third kappa shape index (κ3) is 2.88. The van der Waals surface area contributed by atoms with Crippen LogP contribution in [-0.4, -0.2) is 38.1 Å². The van der Waals surface area contributed by atoms with Crippen LogP contribution in [0, 0.1) is 5.41 Å². The van der Waals surface area contributed by atoms with Gasteiger partial charge in [-0.15, -0.1) is 0 Å². The van der Waals surface area contributed by atoms with Crippen molar-refractivity contribution >= 4 is 11.6 Å². The fourth-order valence-corrected chi connectivity index (χ4v) is 4.32. The Morgan fingerprint density at radius 1 is 1.25 bits per heavy atom. The summed E-state index contributed by atoms with van der Waals surface area (Å²) in [4.78, 5) is 2.49. The van der Waals surface area contributed by atoms with Gasteiger partial charge in [0, 0.05) is 17.5 Å². The lowest BCUT2D eigenvalue weighted by Crippen LogP contribution is -2.44. The molecule has 0 radical (unpaired) electrons. The van der Waals surface area contributed by atoms with Gasteiger partial charge in [0.25, 0.3) is 0 Å². The molecule has 0 aromatic heterocycles. The fraction of sp³-hybridized carbons (Fsp3) is 0.647. The molecule has 2 heterocycles. The smallest absolute Gasteiger partial charge is 0.0408 e. The lowest BCUT2D eigenvalue weighted by atomic mass is 9.64. The topological polar surface area (TPSA) is 15.3 Å². The molecule has 0 bridgehead atoms. The highest BCUT2D eigenvalue weighted by atomic mass is 35.5. The summed E-state index contributed by atoms with van der Waals surface area (Å²) in [5, 5.41) is 4.47. The van der Waals surface area contributed by atoms with Gasteiger partial charge < -0.3 is 10.2 Å². The maximum atomic E-state index is 6.22. The van der Waals surface area contributed by atoms with Crippen molar-refractivity contribution in [3.63, 3.8) is 0 Å². The predicted octanol–water partition coefficient (Wildman–Crippen LogP) is 3.52. The van der Waals surface area contributed by atoms with Crippen LogP contribution in [0.3, 0.4) is 0 Å². The number of halogens is 1. The number of nitrogens with one attached hydrogen (secondary N) is 1. The zero-order valence-electron chi connectivity index (χ0n) is 12.4. The van der Waals surface area contributed by atoms with Gasteiger partial charge in [0.1, 0.15) is 0 Å². The Kier molecular flexibility index (Phi) is 4.34. The first-order valence-electron chi connectivity index (χ1n) is 7.84. The van der Waals surface area contributed by atoms with Crippen molar-refractivity contribution < 1.29 is 0 Å². The monoisotopic (exact) mass is 292 g/mol. The van der Waals surface area contributed by atoms with Gasteiger partial charge in [-0.3, -0.25) is 0 Å². The average Bonchev–Trinajstić information content (AvgIpc) is 2.63. The second kappa shape index (κ2) is 6.05. The van der Waals surface area contributed by atoms with E-state index in [9.17, 15) is 0 Å². The molecular formula is C17H25ClN2. The molecule has 3 heteroatoms. The van der Waals surface area contributed by atoms with Crippen LogP contribution in [0.5, 0.6) is 0 Å². The second-order valence-electron chi connectivity index (χ2n) is 6.58. The molecule has 2 fully saturated rings. The van der Waals surface area contributed by atoms with E-state index in [4.69, 9.17) is 11.6 Å². The summed E-state index contributed by atoms with van der Waals surface area (Å²) in [6.45, 7) is 4.75. The van der Waals surface area contributed by atoms with Gasteiger partial charge in [-0.2, -0.15) is 0 Å². The Balaban J connectivity index is 1.90. The summed E-state index contributed by atoms with van der Waals surface area (Å²) in [6, 6.07) is 8.52. The number of piperidine rings is 1. The molecule has 0 amide bonds. The minimum Gasteiger partial charge on any atom is -0.316 e. The van der Waals surface area contributed by atoms with E-state index in [0.29, 0.717) is 11.3 Å². The third-order valence-electron chi connectivity index (χ3n) is 5.34. The summed E-state index contributed by atoms with van der Waals surface area (Å²) < 4.78 is 0. The Hall–Kier alpha value is -0.570. The van der Waals surface area contributed by atoms with Crippen molar-refractivity contribution in [2.75, 3.05) is 33.2 Å². The van der Waals surface area contributed by atoms with Crippen LogP contribution in [0.1, 0.15) is 37.2 Å². The van der Waals surface area contributed by atoms with E-state index in [1.54, 1.807) is 0 Å². The van der Waals surface area contributed by atoms with E-state index < -0.39 is 0 Å². The second-order valence-corrected chi connectivity index (χ2v) is 7.02. The first kappa shape index (κ1) is 14.4. The zero-order chi connectivity index (χ0) is 14.0. The highest BCUT2D eigenvalue weighted by Gasteiger charge is 2.41. The van der Waals surface area contributed by atoms with Gasteiger partial charge in [-0.25, -0.2) is 0 Å². The molecule has 1 aromatic carbocycles. The van der Waals surface area contributed by atoms with E-state index in [1.807, 2.05) is 6.07 Å². The van der Waals surface area contributed by atoms with Gasteiger partial charge >= 0.3 is 0 Å². The molecule has 2 unspecified atom stereocenters. The molecule has 1 N–H and O–H groups in total. The van der Waals surface area contributed by atoms with Crippen LogP contribution in [0.4, 0.5) is 0 Å². The Labute approximate surface area is 127 Å². The molecule has 0 saturated carbocycles. The van der Waals surface area contributed by atoms with Gasteiger partial charge in [0.2, 0.25) is 0 Å². The van der Waals surface area contributed by atoms with Crippen molar-refractivity contribution in [3.8, 4) is 0 Å². The van der Waals surface area contributed by atoms with Gasteiger partial charge in [-0.1, -0.05) is 23.7 Å². The van der Waals surface area contributed by atoms with Gasteiger partial charge in [-0.05, 0) is 75.5 Å². The van der Waals surface area contributed by atoms with Crippen LogP contribution in [0.2, 0.25) is 5.02 Å². The summed E-state index contributed by atoms with van der Waals surface area (Å²) in [5.74, 6) is 0.612. The fourth-order valence-electron chi connectivity index (χ4n) is 4.12. The van der Waals surface area contributed by atoms with E-state index in [0.717, 1.165) is 11.6 Å². The number of benzene rings is 1. The number of likely N-dealkylation sites (tertiary alicyclic amines) is 1. The van der Waals surface area contributed by atoms with Crippen molar-refractivity contribution in [3.05, 3.63) is 34.9 Å². The molecular weight excluding hydrogens is 268 g/mol. The van der Waals surface area contributed by atoms with Crippen LogP contribution < -0.4 is 5.32 Å². The van der Waals surface area contributed by atoms with E-state index in [-0.39, 0.29) is 0 Å². The largest absolute Gasteiger partial charge is 0.316 e. The maximum absolute atomic E-state index is 6.22. The Morgan fingerprint density at radius 2 is 2.15 bits per heavy atom. The molecule has 2 saturated heterocycles. The third-order valence-corrected chi connectivity index (χ3v) is 5.58. The number of nitrogens with zero attached hydrogens (tertiary/aromatic N) is 1. The van der Waals surface area contributed by atoms with Crippen LogP contribution >= 0.6 is 11.6 Å². The lowest BCUT2D eigenvalue weighted by molar-refractivity contribution is 0.137. The Morgan fingerprint density at radius 3 is 3.00 bits per heavy atom. The van der Waals surface area contributed by atoms with E-state index >= 15 is 0 Å². The van der Waals surface area contributed by atoms with Crippen LogP contribution in [0.25, 0.3) is 0 Å². The molecule has 1 aromatic rings. The highest BCUT2D eigenvalue weighted by molar-refractivity contribution is 6.30. The van der Waals surface area contributed by atoms with Gasteiger partial charge in [0.15, 0.2) is 0 Å². The number of hydrogen-bond donors (Lipinski definition) is 1. The molecule has 2 atom stereocenters. The summed E-state index contributed by atoms with van der Waals surface area (Å²) in [6.07, 6.45) is 5.31. The SMILES string of the molecule is CN1CCCC2(CCNCC2c2cccc(Cl)c2)CC1. The normalized spacial score (nSPS) is 32.2. The maximum Gasteiger partial charge on any atom is 0.0408 e. The van der Waals surface area contributed by atoms with E-state index in [1.165, 1.54) is 50.9 Å². The predicted molar refractivity (Wildman–Crippen MR) is 85.5 cm³/mol. The minimum absolute atomic E-state index is 0.473. The van der Waals surface area contributed by atoms with Gasteiger partial charge in [0.05, 0.1) is 0 Å². The molecule has 0 aliphatic carbocycles. The van der Waals surface area contributed by atoms with E-state index in [2.05, 4.69) is 35.5 Å². The first-order chi connectivity index (χ1) is 9.70. The molecule has 3 rings (SSSR count). The van der Waals surface area contributed by atoms with Crippen LogP contribution in [0.15, 0.2) is 24.3 Å². The number of hydrogen-bond acceptors (Lipinski definition) is 2. The molecule has 1 spiro atoms. The molecule has 2 aliphatic rings. The quantitative estimate of drug-likeness (QED) is 0.852. The van der Waals surface area contributed by atoms with Crippen molar-refractivity contribution in [2.24, 2.45) is 5.41 Å². The summed E-state index contributed by atoms with van der Waals surface area (Å²) in [5.41, 5.74) is 1.90. The Bertz CT molecular complexity index is 462. The van der Waals surface area contributed by atoms with Crippen molar-refractivity contribution in [1.29, 1.82) is 0 Å².